The van der Waals surface area contributed by atoms with Gasteiger partial charge in [0.25, 0.3) is 12.3 Å². The van der Waals surface area contributed by atoms with E-state index < -0.39 is 18.0 Å². The van der Waals surface area contributed by atoms with Gasteiger partial charge >= 0.3 is 0 Å². The van der Waals surface area contributed by atoms with Crippen LogP contribution in [0.25, 0.3) is 5.65 Å². The third-order valence-corrected chi connectivity index (χ3v) is 7.39. The number of amides is 1. The van der Waals surface area contributed by atoms with Gasteiger partial charge in [-0.1, -0.05) is 6.92 Å². The number of carbonyl (C=O) groups excluding carboxylic acids is 1. The van der Waals surface area contributed by atoms with Crippen molar-refractivity contribution in [1.82, 2.24) is 29.3 Å². The lowest BCUT2D eigenvalue weighted by Crippen LogP contribution is -2.37. The minimum absolute atomic E-state index is 0.0208. The van der Waals surface area contributed by atoms with Crippen molar-refractivity contribution in [2.24, 2.45) is 0 Å². The summed E-state index contributed by atoms with van der Waals surface area (Å²) in [4.78, 5) is 22.4. The van der Waals surface area contributed by atoms with Crippen LogP contribution in [0.3, 0.4) is 0 Å². The van der Waals surface area contributed by atoms with E-state index in [4.69, 9.17) is 4.74 Å². The number of ether oxygens (including phenoxy) is 1. The van der Waals surface area contributed by atoms with Crippen LogP contribution in [0.5, 0.6) is 0 Å². The average Bonchev–Trinajstić information content (AvgIpc) is 3.66. The fourth-order valence-corrected chi connectivity index (χ4v) is 5.40. The number of hydrogen-bond donors (Lipinski definition) is 1. The van der Waals surface area contributed by atoms with E-state index in [1.165, 1.54) is 16.9 Å². The van der Waals surface area contributed by atoms with Gasteiger partial charge in [-0.25, -0.2) is 18.3 Å². The molecule has 6 heterocycles. The van der Waals surface area contributed by atoms with Crippen molar-refractivity contribution in [2.45, 2.75) is 50.8 Å². The van der Waals surface area contributed by atoms with Gasteiger partial charge < -0.3 is 19.9 Å². The zero-order valence-corrected chi connectivity index (χ0v) is 19.5. The molecular weight excluding hydrogens is 458 g/mol. The van der Waals surface area contributed by atoms with Crippen molar-refractivity contribution in [3.63, 3.8) is 0 Å². The van der Waals surface area contributed by atoms with E-state index >= 15 is 0 Å². The highest BCUT2D eigenvalue weighted by Crippen LogP contribution is 2.33. The Morgan fingerprint density at radius 1 is 1.29 bits per heavy atom. The summed E-state index contributed by atoms with van der Waals surface area (Å²) in [6.45, 7) is 6.30. The number of carbonyl (C=O) groups is 1. The second kappa shape index (κ2) is 8.83. The van der Waals surface area contributed by atoms with Crippen LogP contribution in [0.4, 0.5) is 20.3 Å². The molecule has 6 rings (SSSR count). The number of hydrogen-bond acceptors (Lipinski definition) is 7. The molecule has 3 aliphatic heterocycles. The molecule has 3 aromatic rings. The molecule has 3 fully saturated rings. The van der Waals surface area contributed by atoms with Gasteiger partial charge in [0.1, 0.15) is 11.4 Å². The van der Waals surface area contributed by atoms with E-state index in [0.717, 1.165) is 51.3 Å². The van der Waals surface area contributed by atoms with Crippen molar-refractivity contribution >= 4 is 23.1 Å². The number of morpholine rings is 1. The fraction of sp³-hybridized carbons (Fsp3) is 0.565. The smallest absolute Gasteiger partial charge is 0.284 e. The number of likely N-dealkylation sites (tertiary alicyclic amines) is 1. The number of nitrogens with one attached hydrogen (secondary N) is 1. The first-order valence-corrected chi connectivity index (χ1v) is 12.1. The standard InChI is InChI=1S/C23H28F2N8O2/c1-2-30-6-3-14(4-7-30)33-12-18(20(29-33)21(24)25)27-23(34)17-10-26-32-8-5-19(28-22(17)32)31-11-16-9-15(31)13-35-16/h5,8,10,12,14-16,21H,2-4,6-7,9,11,13H2,1H3,(H,27,34)/t15-,16-/m1/s1. The molecule has 12 heteroatoms. The minimum Gasteiger partial charge on any atom is -0.374 e. The molecule has 0 aromatic carbocycles. The van der Waals surface area contributed by atoms with Crippen molar-refractivity contribution in [3.05, 3.63) is 35.9 Å². The van der Waals surface area contributed by atoms with E-state index in [-0.39, 0.29) is 29.4 Å². The second-order valence-electron chi connectivity index (χ2n) is 9.44. The maximum absolute atomic E-state index is 13.8. The van der Waals surface area contributed by atoms with Gasteiger partial charge in [-0.05, 0) is 31.9 Å². The highest BCUT2D eigenvalue weighted by Gasteiger charge is 2.39. The van der Waals surface area contributed by atoms with Crippen LogP contribution in [0.1, 0.15) is 54.7 Å². The number of rotatable bonds is 6. The van der Waals surface area contributed by atoms with Crippen LogP contribution in [0, 0.1) is 0 Å². The molecule has 2 bridgehead atoms. The summed E-state index contributed by atoms with van der Waals surface area (Å²) in [5, 5.41) is 11.0. The zero-order chi connectivity index (χ0) is 24.1. The third-order valence-electron chi connectivity index (χ3n) is 7.39. The Bertz CT molecular complexity index is 1240. The minimum atomic E-state index is -2.80. The molecule has 3 saturated heterocycles. The van der Waals surface area contributed by atoms with E-state index in [2.05, 4.69) is 37.2 Å². The lowest BCUT2D eigenvalue weighted by Gasteiger charge is -2.31. The number of fused-ring (bicyclic) bond motifs is 3. The predicted molar refractivity (Wildman–Crippen MR) is 124 cm³/mol. The van der Waals surface area contributed by atoms with Crippen LogP contribution in [0.2, 0.25) is 0 Å². The second-order valence-corrected chi connectivity index (χ2v) is 9.44. The first kappa shape index (κ1) is 22.4. The highest BCUT2D eigenvalue weighted by atomic mass is 19.3. The van der Waals surface area contributed by atoms with Crippen LogP contribution in [-0.2, 0) is 4.74 Å². The van der Waals surface area contributed by atoms with Gasteiger partial charge in [-0.3, -0.25) is 9.48 Å². The van der Waals surface area contributed by atoms with Gasteiger partial charge in [0, 0.05) is 32.0 Å². The van der Waals surface area contributed by atoms with Gasteiger partial charge in [0.05, 0.1) is 36.7 Å². The molecule has 0 radical (unpaired) electrons. The molecule has 2 atom stereocenters. The van der Waals surface area contributed by atoms with Crippen molar-refractivity contribution in [2.75, 3.05) is 43.0 Å². The number of anilines is 2. The molecule has 0 spiro atoms. The molecule has 186 valence electrons. The molecular formula is C23H28F2N8O2. The normalized spacial score (nSPS) is 23.1. The molecule has 35 heavy (non-hydrogen) atoms. The average molecular weight is 487 g/mol. The van der Waals surface area contributed by atoms with Crippen LogP contribution in [0.15, 0.2) is 24.7 Å². The van der Waals surface area contributed by atoms with E-state index in [1.807, 2.05) is 6.07 Å². The third kappa shape index (κ3) is 4.04. The van der Waals surface area contributed by atoms with Crippen molar-refractivity contribution in [1.29, 1.82) is 0 Å². The molecule has 0 unspecified atom stereocenters. The van der Waals surface area contributed by atoms with Gasteiger partial charge in [-0.15, -0.1) is 0 Å². The summed E-state index contributed by atoms with van der Waals surface area (Å²) in [5.74, 6) is 0.209. The quantitative estimate of drug-likeness (QED) is 0.573. The Morgan fingerprint density at radius 2 is 2.11 bits per heavy atom. The number of alkyl halides is 2. The molecule has 0 aliphatic carbocycles. The lowest BCUT2D eigenvalue weighted by molar-refractivity contribution is 0.0988. The summed E-state index contributed by atoms with van der Waals surface area (Å²) < 4.78 is 36.3. The van der Waals surface area contributed by atoms with E-state index in [9.17, 15) is 13.6 Å². The molecule has 0 saturated carbocycles. The summed E-state index contributed by atoms with van der Waals surface area (Å²) >= 11 is 0. The lowest BCUT2D eigenvalue weighted by atomic mass is 10.1. The maximum atomic E-state index is 13.8. The Hall–Kier alpha value is -3.12. The Kier molecular flexibility index (Phi) is 5.64. The molecule has 1 N–H and O–H groups in total. The zero-order valence-electron chi connectivity index (χ0n) is 19.5. The largest absolute Gasteiger partial charge is 0.374 e. The monoisotopic (exact) mass is 486 g/mol. The van der Waals surface area contributed by atoms with E-state index in [0.29, 0.717) is 12.3 Å². The van der Waals surface area contributed by atoms with Crippen LogP contribution < -0.4 is 10.2 Å². The number of halogens is 2. The van der Waals surface area contributed by atoms with Crippen molar-refractivity contribution in [3.8, 4) is 0 Å². The topological polar surface area (TPSA) is 92.8 Å². The molecule has 3 aromatic heterocycles. The first-order valence-electron chi connectivity index (χ1n) is 12.1. The molecule has 1 amide bonds. The number of aromatic nitrogens is 5. The molecule has 3 aliphatic rings. The highest BCUT2D eigenvalue weighted by molar-refractivity contribution is 6.08. The van der Waals surface area contributed by atoms with E-state index in [1.54, 1.807) is 10.9 Å². The first-order chi connectivity index (χ1) is 17.0. The van der Waals surface area contributed by atoms with Gasteiger partial charge in [-0.2, -0.15) is 10.2 Å². The Morgan fingerprint density at radius 3 is 2.80 bits per heavy atom. The van der Waals surface area contributed by atoms with Crippen LogP contribution >= 0.6 is 0 Å². The maximum Gasteiger partial charge on any atom is 0.284 e. The fourth-order valence-electron chi connectivity index (χ4n) is 5.40. The number of nitrogens with zero attached hydrogens (tertiary/aromatic N) is 7. The Labute approximate surface area is 200 Å². The summed E-state index contributed by atoms with van der Waals surface area (Å²) in [7, 11) is 0. The van der Waals surface area contributed by atoms with Crippen molar-refractivity contribution < 1.29 is 18.3 Å². The molecule has 10 nitrogen and oxygen atoms in total. The Balaban J connectivity index is 1.24. The summed E-state index contributed by atoms with van der Waals surface area (Å²) in [5.41, 5.74) is 0.195. The predicted octanol–water partition coefficient (Wildman–Crippen LogP) is 2.75. The van der Waals surface area contributed by atoms with Gasteiger partial charge in [0.15, 0.2) is 11.3 Å². The van der Waals surface area contributed by atoms with Crippen LogP contribution in [-0.4, -0.2) is 80.1 Å². The number of piperidine rings is 1. The SMILES string of the molecule is CCN1CCC(n2cc(NC(=O)c3cnn4ccc(N5C[C@H]6C[C@@H]5CO6)nc34)c(C(F)F)n2)CC1. The summed E-state index contributed by atoms with van der Waals surface area (Å²) in [6, 6.07) is 2.17. The summed E-state index contributed by atoms with van der Waals surface area (Å²) in [6.07, 6.45) is 4.73. The van der Waals surface area contributed by atoms with Gasteiger partial charge in [0.2, 0.25) is 0 Å².